The number of benzene rings is 1. The molecule has 0 fully saturated rings. The number of esters is 2. The number of ether oxygens (including phenoxy) is 3. The van der Waals surface area contributed by atoms with E-state index in [4.69, 9.17) is 21.1 Å². The lowest BCUT2D eigenvalue weighted by molar-refractivity contribution is -0.147. The van der Waals surface area contributed by atoms with E-state index in [-0.39, 0.29) is 16.9 Å². The summed E-state index contributed by atoms with van der Waals surface area (Å²) in [5, 5.41) is 9.96. The van der Waals surface area contributed by atoms with Crippen LogP contribution >= 0.6 is 11.6 Å². The summed E-state index contributed by atoms with van der Waals surface area (Å²) >= 11 is 5.80. The molecule has 0 amide bonds. The summed E-state index contributed by atoms with van der Waals surface area (Å²) in [4.78, 5) is 23.8. The molecule has 2 rings (SSSR count). The Hall–Kier alpha value is -2.52. The van der Waals surface area contributed by atoms with Crippen LogP contribution in [0, 0.1) is 11.3 Å². The molecular formula is C14H10ClNO5. The zero-order valence-corrected chi connectivity index (χ0v) is 11.9. The van der Waals surface area contributed by atoms with Gasteiger partial charge in [0.05, 0.1) is 14.2 Å². The lowest BCUT2D eigenvalue weighted by atomic mass is 9.87. The van der Waals surface area contributed by atoms with Crippen LogP contribution in [0.5, 0.6) is 0 Å². The third-order valence-electron chi connectivity index (χ3n) is 3.01. The van der Waals surface area contributed by atoms with E-state index in [1.54, 1.807) is 0 Å². The van der Waals surface area contributed by atoms with Crippen LogP contribution in [0.15, 0.2) is 35.6 Å². The standard InChI is InChI=1S/C14H10ClNO5/c1-19-11-10(12(17)20-2)14(7-16,21-13(11)18)8-3-5-9(15)6-4-8/h3-6H,1-2H3. The maximum absolute atomic E-state index is 12.0. The lowest BCUT2D eigenvalue weighted by Crippen LogP contribution is -2.31. The number of hydrogen-bond acceptors (Lipinski definition) is 6. The highest BCUT2D eigenvalue weighted by molar-refractivity contribution is 6.30. The zero-order chi connectivity index (χ0) is 15.6. The molecule has 0 aliphatic carbocycles. The van der Waals surface area contributed by atoms with Crippen LogP contribution < -0.4 is 0 Å². The number of nitrogens with zero attached hydrogens (tertiary/aromatic N) is 1. The third-order valence-corrected chi connectivity index (χ3v) is 3.26. The van der Waals surface area contributed by atoms with Crippen LogP contribution in [-0.4, -0.2) is 26.2 Å². The maximum Gasteiger partial charge on any atom is 0.376 e. The second-order valence-corrected chi connectivity index (χ2v) is 4.53. The van der Waals surface area contributed by atoms with Crippen LogP contribution in [-0.2, 0) is 29.4 Å². The Morgan fingerprint density at radius 1 is 1.33 bits per heavy atom. The second-order valence-electron chi connectivity index (χ2n) is 4.09. The van der Waals surface area contributed by atoms with E-state index in [0.717, 1.165) is 7.11 Å². The Morgan fingerprint density at radius 2 is 1.95 bits per heavy atom. The summed E-state index contributed by atoms with van der Waals surface area (Å²) in [6.07, 6.45) is 0. The van der Waals surface area contributed by atoms with E-state index < -0.39 is 17.5 Å². The number of methoxy groups -OCH3 is 2. The van der Waals surface area contributed by atoms with Gasteiger partial charge in [-0.1, -0.05) is 23.7 Å². The fourth-order valence-electron chi connectivity index (χ4n) is 2.05. The van der Waals surface area contributed by atoms with Gasteiger partial charge in [0, 0.05) is 10.6 Å². The molecule has 7 heteroatoms. The van der Waals surface area contributed by atoms with E-state index in [1.807, 2.05) is 6.07 Å². The van der Waals surface area contributed by atoms with Gasteiger partial charge in [-0.25, -0.2) is 9.59 Å². The van der Waals surface area contributed by atoms with Gasteiger partial charge in [-0.2, -0.15) is 5.26 Å². The number of nitriles is 1. The summed E-state index contributed by atoms with van der Waals surface area (Å²) in [6, 6.07) is 7.86. The SMILES string of the molecule is COC(=O)C1=C(OC)C(=O)OC1(C#N)c1ccc(Cl)cc1. The summed E-state index contributed by atoms with van der Waals surface area (Å²) in [5.74, 6) is -2.14. The van der Waals surface area contributed by atoms with Crippen molar-refractivity contribution in [2.45, 2.75) is 5.60 Å². The quantitative estimate of drug-likeness (QED) is 0.790. The van der Waals surface area contributed by atoms with E-state index in [1.165, 1.54) is 31.4 Å². The summed E-state index contributed by atoms with van der Waals surface area (Å²) in [6.45, 7) is 0. The lowest BCUT2D eigenvalue weighted by Gasteiger charge is -2.22. The van der Waals surface area contributed by atoms with Crippen molar-refractivity contribution in [3.05, 3.63) is 46.2 Å². The van der Waals surface area contributed by atoms with Crippen LogP contribution in [0.2, 0.25) is 5.02 Å². The van der Waals surface area contributed by atoms with Gasteiger partial charge >= 0.3 is 11.9 Å². The molecule has 6 nitrogen and oxygen atoms in total. The molecule has 0 bridgehead atoms. The van der Waals surface area contributed by atoms with Crippen molar-refractivity contribution in [3.8, 4) is 6.07 Å². The molecule has 0 saturated heterocycles. The van der Waals surface area contributed by atoms with E-state index in [0.29, 0.717) is 5.02 Å². The molecule has 0 radical (unpaired) electrons. The first-order chi connectivity index (χ1) is 10.00. The van der Waals surface area contributed by atoms with Crippen LogP contribution in [0.3, 0.4) is 0 Å². The first kappa shape index (κ1) is 14.9. The molecule has 1 atom stereocenters. The monoisotopic (exact) mass is 307 g/mol. The highest BCUT2D eigenvalue weighted by Gasteiger charge is 2.54. The Kier molecular flexibility index (Phi) is 3.87. The van der Waals surface area contributed by atoms with Crippen molar-refractivity contribution in [1.29, 1.82) is 5.26 Å². The first-order valence-electron chi connectivity index (χ1n) is 5.78. The van der Waals surface area contributed by atoms with Crippen molar-refractivity contribution < 1.29 is 23.8 Å². The Morgan fingerprint density at radius 3 is 2.43 bits per heavy atom. The molecule has 1 aliphatic rings. The van der Waals surface area contributed by atoms with Crippen molar-refractivity contribution in [2.24, 2.45) is 0 Å². The molecule has 1 unspecified atom stereocenters. The largest absolute Gasteiger partial charge is 0.489 e. The van der Waals surface area contributed by atoms with Gasteiger partial charge < -0.3 is 14.2 Å². The van der Waals surface area contributed by atoms with Crippen molar-refractivity contribution in [2.75, 3.05) is 14.2 Å². The Bertz CT molecular complexity index is 674. The number of halogens is 1. The molecule has 0 aromatic heterocycles. The highest BCUT2D eigenvalue weighted by atomic mass is 35.5. The van der Waals surface area contributed by atoms with Crippen molar-refractivity contribution in [3.63, 3.8) is 0 Å². The second kappa shape index (κ2) is 5.46. The summed E-state index contributed by atoms with van der Waals surface area (Å²) in [7, 11) is 2.34. The molecule has 1 aromatic rings. The van der Waals surface area contributed by atoms with Crippen LogP contribution in [0.4, 0.5) is 0 Å². The van der Waals surface area contributed by atoms with Gasteiger partial charge in [0.1, 0.15) is 11.6 Å². The predicted octanol–water partition coefficient (Wildman–Crippen LogP) is 1.69. The van der Waals surface area contributed by atoms with Crippen LogP contribution in [0.1, 0.15) is 5.56 Å². The molecule has 0 saturated carbocycles. The minimum Gasteiger partial charge on any atom is -0.489 e. The minimum atomic E-state index is -1.92. The van der Waals surface area contributed by atoms with Gasteiger partial charge in [-0.15, -0.1) is 0 Å². The molecule has 0 spiro atoms. The molecule has 1 aliphatic heterocycles. The van der Waals surface area contributed by atoms with E-state index in [9.17, 15) is 14.9 Å². The fraction of sp³-hybridized carbons (Fsp3) is 0.214. The molecule has 1 heterocycles. The molecule has 108 valence electrons. The van der Waals surface area contributed by atoms with Gasteiger partial charge in [0.15, 0.2) is 0 Å². The first-order valence-corrected chi connectivity index (χ1v) is 6.15. The average Bonchev–Trinajstić information content (AvgIpc) is 2.80. The molecule has 0 N–H and O–H groups in total. The minimum absolute atomic E-state index is 0.273. The van der Waals surface area contributed by atoms with Crippen LogP contribution in [0.25, 0.3) is 0 Å². The van der Waals surface area contributed by atoms with Gasteiger partial charge in [0.25, 0.3) is 5.60 Å². The van der Waals surface area contributed by atoms with Crippen molar-refractivity contribution in [1.82, 2.24) is 0 Å². The number of hydrogen-bond donors (Lipinski definition) is 0. The summed E-state index contributed by atoms with van der Waals surface area (Å²) < 4.78 is 14.6. The highest BCUT2D eigenvalue weighted by Crippen LogP contribution is 2.42. The smallest absolute Gasteiger partial charge is 0.376 e. The van der Waals surface area contributed by atoms with Gasteiger partial charge in [-0.3, -0.25) is 0 Å². The topological polar surface area (TPSA) is 85.6 Å². The fourth-order valence-corrected chi connectivity index (χ4v) is 2.18. The summed E-state index contributed by atoms with van der Waals surface area (Å²) in [5.41, 5.74) is -1.93. The maximum atomic E-state index is 12.0. The zero-order valence-electron chi connectivity index (χ0n) is 11.2. The van der Waals surface area contributed by atoms with E-state index >= 15 is 0 Å². The predicted molar refractivity (Wildman–Crippen MR) is 70.9 cm³/mol. The normalized spacial score (nSPS) is 20.8. The number of rotatable bonds is 3. The van der Waals surface area contributed by atoms with Crippen molar-refractivity contribution >= 4 is 23.5 Å². The number of cyclic esters (lactones) is 1. The number of carbonyl (C=O) groups excluding carboxylic acids is 2. The third kappa shape index (κ3) is 2.22. The molecular weight excluding hydrogens is 298 g/mol. The van der Waals surface area contributed by atoms with Gasteiger partial charge in [-0.05, 0) is 12.1 Å². The Labute approximate surface area is 125 Å². The molecule has 1 aromatic carbocycles. The number of carbonyl (C=O) groups is 2. The van der Waals surface area contributed by atoms with E-state index in [2.05, 4.69) is 4.74 Å². The average molecular weight is 308 g/mol. The Balaban J connectivity index is 2.70. The van der Waals surface area contributed by atoms with Gasteiger partial charge in [0.2, 0.25) is 5.76 Å². The molecule has 21 heavy (non-hydrogen) atoms.